The zero-order chi connectivity index (χ0) is 21.2. The van der Waals surface area contributed by atoms with Gasteiger partial charge in [-0.1, -0.05) is 42.8 Å². The highest BCUT2D eigenvalue weighted by Crippen LogP contribution is 2.20. The lowest BCUT2D eigenvalue weighted by atomic mass is 10.1. The van der Waals surface area contributed by atoms with Crippen molar-refractivity contribution in [3.8, 4) is 0 Å². The molecule has 0 aliphatic rings. The van der Waals surface area contributed by atoms with Gasteiger partial charge in [0.1, 0.15) is 0 Å². The van der Waals surface area contributed by atoms with Crippen LogP contribution in [-0.4, -0.2) is 24.1 Å². The lowest BCUT2D eigenvalue weighted by molar-refractivity contribution is 0.0939. The van der Waals surface area contributed by atoms with Crippen LogP contribution in [0.1, 0.15) is 29.4 Å². The Kier molecular flexibility index (Phi) is 6.02. The van der Waals surface area contributed by atoms with Crippen LogP contribution in [0.25, 0.3) is 10.8 Å². The number of sulfonamides is 1. The molecule has 0 saturated heterocycles. The second-order valence-corrected chi connectivity index (χ2v) is 8.48. The standard InChI is InChI=1S/C19H19ClN4O4S/c1-3-10-24-19(26)15-7-5-4-6-14(15)17(22-24)18(25)21-23-29(27,28)16-11-13(20)9-8-12(16)2/h4-9,11,23H,3,10H2,1-2H3,(H,21,25). The molecule has 0 atom stereocenters. The number of hydrazine groups is 1. The Hall–Kier alpha value is -2.75. The first kappa shape index (κ1) is 21.0. The molecule has 0 fully saturated rings. The topological polar surface area (TPSA) is 110 Å². The van der Waals surface area contributed by atoms with Crippen molar-refractivity contribution in [2.45, 2.75) is 31.7 Å². The summed E-state index contributed by atoms with van der Waals surface area (Å²) >= 11 is 5.89. The molecule has 0 bridgehead atoms. The Labute approximate surface area is 172 Å². The molecule has 1 amide bonds. The van der Waals surface area contributed by atoms with Crippen LogP contribution in [0.15, 0.2) is 52.2 Å². The van der Waals surface area contributed by atoms with Gasteiger partial charge in [-0.3, -0.25) is 15.0 Å². The molecule has 0 aliphatic heterocycles. The van der Waals surface area contributed by atoms with Gasteiger partial charge in [-0.2, -0.15) is 5.10 Å². The monoisotopic (exact) mass is 434 g/mol. The Bertz CT molecular complexity index is 1250. The molecule has 29 heavy (non-hydrogen) atoms. The summed E-state index contributed by atoms with van der Waals surface area (Å²) in [5.74, 6) is -0.783. The van der Waals surface area contributed by atoms with Crippen molar-refractivity contribution in [2.75, 3.05) is 0 Å². The number of carbonyl (C=O) groups is 1. The van der Waals surface area contributed by atoms with Gasteiger partial charge in [-0.15, -0.1) is 4.83 Å². The van der Waals surface area contributed by atoms with Gasteiger partial charge in [0, 0.05) is 17.0 Å². The number of aryl methyl sites for hydroxylation is 2. The van der Waals surface area contributed by atoms with Gasteiger partial charge in [-0.25, -0.2) is 13.1 Å². The molecule has 3 aromatic rings. The third-order valence-electron chi connectivity index (χ3n) is 4.26. The van der Waals surface area contributed by atoms with E-state index in [0.717, 1.165) is 0 Å². The number of aromatic nitrogens is 2. The Morgan fingerprint density at radius 1 is 1.17 bits per heavy atom. The first-order chi connectivity index (χ1) is 13.7. The van der Waals surface area contributed by atoms with Crippen molar-refractivity contribution >= 4 is 38.3 Å². The molecule has 8 nitrogen and oxygen atoms in total. The normalized spacial score (nSPS) is 11.6. The van der Waals surface area contributed by atoms with E-state index in [0.29, 0.717) is 29.3 Å². The van der Waals surface area contributed by atoms with E-state index in [1.54, 1.807) is 43.3 Å². The highest BCUT2D eigenvalue weighted by molar-refractivity contribution is 7.89. The summed E-state index contributed by atoms with van der Waals surface area (Å²) in [5.41, 5.74) is 2.27. The number of halogens is 1. The average Bonchev–Trinajstić information content (AvgIpc) is 2.70. The summed E-state index contributed by atoms with van der Waals surface area (Å²) in [6.07, 6.45) is 0.646. The van der Waals surface area contributed by atoms with Crippen LogP contribution in [0.5, 0.6) is 0 Å². The molecule has 2 aromatic carbocycles. The molecule has 0 spiro atoms. The second kappa shape index (κ2) is 8.32. The molecule has 1 heterocycles. The van der Waals surface area contributed by atoms with Crippen molar-refractivity contribution in [1.29, 1.82) is 0 Å². The Morgan fingerprint density at radius 2 is 1.86 bits per heavy atom. The van der Waals surface area contributed by atoms with Crippen LogP contribution in [0.2, 0.25) is 5.02 Å². The molecule has 0 unspecified atom stereocenters. The molecule has 152 valence electrons. The van der Waals surface area contributed by atoms with Crippen LogP contribution >= 0.6 is 11.6 Å². The predicted octanol–water partition coefficient (Wildman–Crippen LogP) is 2.39. The van der Waals surface area contributed by atoms with E-state index >= 15 is 0 Å². The summed E-state index contributed by atoms with van der Waals surface area (Å²) in [6, 6.07) is 11.0. The maximum absolute atomic E-state index is 12.7. The molecular weight excluding hydrogens is 416 g/mol. The number of nitrogens with zero attached hydrogens (tertiary/aromatic N) is 2. The number of hydrogen-bond donors (Lipinski definition) is 2. The number of carbonyl (C=O) groups excluding carboxylic acids is 1. The van der Waals surface area contributed by atoms with Crippen molar-refractivity contribution in [3.63, 3.8) is 0 Å². The van der Waals surface area contributed by atoms with Gasteiger partial charge in [-0.05, 0) is 37.1 Å². The summed E-state index contributed by atoms with van der Waals surface area (Å²) in [7, 11) is -4.06. The van der Waals surface area contributed by atoms with Crippen LogP contribution in [0.4, 0.5) is 0 Å². The predicted molar refractivity (Wildman–Crippen MR) is 110 cm³/mol. The van der Waals surface area contributed by atoms with Crippen LogP contribution in [0.3, 0.4) is 0 Å². The van der Waals surface area contributed by atoms with Crippen LogP contribution in [-0.2, 0) is 16.6 Å². The summed E-state index contributed by atoms with van der Waals surface area (Å²) < 4.78 is 26.3. The maximum atomic E-state index is 12.7. The van der Waals surface area contributed by atoms with Gasteiger partial charge in [0.15, 0.2) is 5.69 Å². The van der Waals surface area contributed by atoms with Crippen LogP contribution < -0.4 is 15.8 Å². The Morgan fingerprint density at radius 3 is 2.55 bits per heavy atom. The quantitative estimate of drug-likeness (QED) is 0.579. The van der Waals surface area contributed by atoms with Gasteiger partial charge in [0.25, 0.3) is 21.5 Å². The number of amides is 1. The number of hydrogen-bond acceptors (Lipinski definition) is 5. The number of rotatable bonds is 6. The molecule has 10 heteroatoms. The zero-order valence-electron chi connectivity index (χ0n) is 15.8. The van der Waals surface area contributed by atoms with E-state index < -0.39 is 15.9 Å². The van der Waals surface area contributed by atoms with E-state index in [2.05, 4.69) is 15.4 Å². The highest BCUT2D eigenvalue weighted by atomic mass is 35.5. The van der Waals surface area contributed by atoms with Gasteiger partial charge < -0.3 is 0 Å². The molecule has 0 radical (unpaired) electrons. The third-order valence-corrected chi connectivity index (χ3v) is 5.88. The highest BCUT2D eigenvalue weighted by Gasteiger charge is 2.21. The van der Waals surface area contributed by atoms with E-state index in [-0.39, 0.29) is 21.2 Å². The van der Waals surface area contributed by atoms with Gasteiger partial charge >= 0.3 is 0 Å². The fourth-order valence-corrected chi connectivity index (χ4v) is 4.21. The maximum Gasteiger partial charge on any atom is 0.287 e. The summed E-state index contributed by atoms with van der Waals surface area (Å²) in [5, 5.41) is 5.05. The molecule has 0 aliphatic carbocycles. The van der Waals surface area contributed by atoms with Crippen molar-refractivity contribution in [1.82, 2.24) is 20.0 Å². The first-order valence-corrected chi connectivity index (χ1v) is 10.7. The summed E-state index contributed by atoms with van der Waals surface area (Å²) in [6.45, 7) is 3.82. The number of benzene rings is 2. The fourth-order valence-electron chi connectivity index (χ4n) is 2.86. The molecule has 3 rings (SSSR count). The molecule has 2 N–H and O–H groups in total. The molecule has 1 aromatic heterocycles. The first-order valence-electron chi connectivity index (χ1n) is 8.82. The Balaban J connectivity index is 1.95. The van der Waals surface area contributed by atoms with Gasteiger partial charge in [0.2, 0.25) is 0 Å². The van der Waals surface area contributed by atoms with E-state index in [1.807, 2.05) is 6.92 Å². The molecule has 0 saturated carbocycles. The number of fused-ring (bicyclic) bond motifs is 1. The SMILES string of the molecule is CCCn1nc(C(=O)NNS(=O)(=O)c2cc(Cl)ccc2C)c2ccccc2c1=O. The lowest BCUT2D eigenvalue weighted by Gasteiger charge is -2.13. The lowest BCUT2D eigenvalue weighted by Crippen LogP contribution is -2.43. The smallest absolute Gasteiger partial charge is 0.272 e. The van der Waals surface area contributed by atoms with Crippen molar-refractivity contribution in [2.24, 2.45) is 0 Å². The summed E-state index contributed by atoms with van der Waals surface area (Å²) in [4.78, 5) is 27.2. The fraction of sp³-hybridized carbons (Fsp3) is 0.211. The van der Waals surface area contributed by atoms with E-state index in [9.17, 15) is 18.0 Å². The average molecular weight is 435 g/mol. The van der Waals surface area contributed by atoms with E-state index in [1.165, 1.54) is 10.7 Å². The minimum atomic E-state index is -4.06. The van der Waals surface area contributed by atoms with Gasteiger partial charge in [0.05, 0.1) is 10.3 Å². The number of nitrogens with one attached hydrogen (secondary N) is 2. The van der Waals surface area contributed by atoms with Crippen molar-refractivity contribution < 1.29 is 13.2 Å². The van der Waals surface area contributed by atoms with E-state index in [4.69, 9.17) is 11.6 Å². The minimum Gasteiger partial charge on any atom is -0.272 e. The largest absolute Gasteiger partial charge is 0.287 e. The second-order valence-electron chi connectivity index (χ2n) is 6.39. The minimum absolute atomic E-state index is 0.0563. The zero-order valence-corrected chi connectivity index (χ0v) is 17.3. The molecular formula is C19H19ClN4O4S. The third kappa shape index (κ3) is 4.31. The van der Waals surface area contributed by atoms with Crippen molar-refractivity contribution in [3.05, 3.63) is 69.1 Å². The van der Waals surface area contributed by atoms with Crippen LogP contribution in [0, 0.1) is 6.92 Å².